The summed E-state index contributed by atoms with van der Waals surface area (Å²) in [7, 11) is 3.90. The minimum absolute atomic E-state index is 0.0738. The molecule has 2 aromatic carbocycles. The summed E-state index contributed by atoms with van der Waals surface area (Å²) in [6.07, 6.45) is 17.4. The van der Waals surface area contributed by atoms with Gasteiger partial charge in [0, 0.05) is 94.3 Å². The van der Waals surface area contributed by atoms with Crippen molar-refractivity contribution in [2.75, 3.05) is 53.4 Å². The van der Waals surface area contributed by atoms with Gasteiger partial charge in [-0.3, -0.25) is 53.8 Å². The van der Waals surface area contributed by atoms with Crippen molar-refractivity contribution in [3.05, 3.63) is 144 Å². The number of halogens is 2. The van der Waals surface area contributed by atoms with Gasteiger partial charge in [-0.25, -0.2) is 8.78 Å². The largest absolute Gasteiger partial charge is 0.481 e. The Balaban J connectivity index is 0.000000180. The SMILES string of the molecule is CN(CC(=O)O)C1CCN(Cc2ccc(-c3cc4nccc(Oc5ccc(CC(=O)CC6CC6)cc5F)c4s3)nc2)CC1.CN(CCC(=O)O)C1CCN(Cc2ccc(-c3cc4nccc(Oc5ccc(CC(=O)CC6CC6)cc5F)c4s3)nc2)CC1. The van der Waals surface area contributed by atoms with Crippen molar-refractivity contribution < 1.29 is 47.6 Å². The highest BCUT2D eigenvalue weighted by Crippen LogP contribution is 2.42. The van der Waals surface area contributed by atoms with Crippen molar-refractivity contribution in [3.8, 4) is 44.1 Å². The molecule has 20 heteroatoms. The molecule has 0 atom stereocenters. The number of hydrogen-bond acceptors (Lipinski definition) is 16. The molecule has 0 unspecified atom stereocenters. The molecule has 0 spiro atoms. The first-order valence-corrected chi connectivity index (χ1v) is 31.7. The first-order valence-electron chi connectivity index (χ1n) is 30.0. The van der Waals surface area contributed by atoms with E-state index in [1.807, 2.05) is 55.7 Å². The van der Waals surface area contributed by atoms with Crippen LogP contribution in [0.15, 0.2) is 110 Å². The van der Waals surface area contributed by atoms with Gasteiger partial charge in [0.2, 0.25) is 0 Å². The number of rotatable bonds is 25. The molecule has 4 fully saturated rings. The summed E-state index contributed by atoms with van der Waals surface area (Å²) in [5.74, 6) is 0.0983. The summed E-state index contributed by atoms with van der Waals surface area (Å²) in [6, 6.07) is 25.9. The standard InChI is InChI=1S/C34H37FN4O4S.C33H35FN4O4S/c1-38(13-11-33(41)42)25-9-14-39(15-10-25)21-24-4-6-28(37-20-24)32-19-29-34(44-32)31(8-12-36-29)43-30-7-5-23(18-27(30)35)17-26(40)16-22-2-3-22;1-37(20-32(40)41)24-9-12-38(13-10-24)19-23-4-6-27(36-18-23)31-17-28-33(43-31)30(8-11-35-28)42-29-7-5-22(16-26(29)34)15-25(39)14-21-2-3-21/h4-8,12,18-20,22,25H,2-3,9-11,13-17,21H2,1H3,(H,41,42);4-8,11,16-18,21,24H,2-3,9-10,12-15,19-20H2,1H3,(H,40,41). The lowest BCUT2D eigenvalue weighted by Gasteiger charge is -2.36. The molecule has 87 heavy (non-hydrogen) atoms. The number of piperidine rings is 2. The molecule has 454 valence electrons. The number of ketones is 2. The fourth-order valence-electron chi connectivity index (χ4n) is 11.5. The Bertz CT molecular complexity index is 3730. The van der Waals surface area contributed by atoms with Crippen molar-refractivity contribution in [3.63, 3.8) is 0 Å². The van der Waals surface area contributed by atoms with Crippen LogP contribution < -0.4 is 9.47 Å². The molecule has 4 aliphatic rings. The molecule has 8 aromatic rings. The molecule has 6 aromatic heterocycles. The van der Waals surface area contributed by atoms with E-state index in [-0.39, 0.29) is 48.9 Å². The number of aromatic nitrogens is 4. The Morgan fingerprint density at radius 1 is 0.540 bits per heavy atom. The lowest BCUT2D eigenvalue weighted by Crippen LogP contribution is -2.44. The predicted octanol–water partition coefficient (Wildman–Crippen LogP) is 12.8. The van der Waals surface area contributed by atoms with Gasteiger partial charge in [-0.05, 0) is 174 Å². The zero-order valence-corrected chi connectivity index (χ0v) is 50.7. The quantitative estimate of drug-likeness (QED) is 0.0549. The van der Waals surface area contributed by atoms with Gasteiger partial charge in [0.1, 0.15) is 23.1 Å². The Hall–Kier alpha value is -7.46. The van der Waals surface area contributed by atoms with Gasteiger partial charge in [0.15, 0.2) is 23.1 Å². The number of pyridine rings is 4. The number of aliphatic carboxylic acids is 2. The molecule has 0 radical (unpaired) electrons. The topological polar surface area (TPSA) is 192 Å². The minimum atomic E-state index is -0.790. The molecule has 16 nitrogen and oxygen atoms in total. The third-order valence-electron chi connectivity index (χ3n) is 16.8. The molecule has 2 N–H and O–H groups in total. The number of carboxylic acids is 2. The number of carboxylic acid groups (broad SMARTS) is 2. The van der Waals surface area contributed by atoms with E-state index in [2.05, 4.69) is 36.8 Å². The van der Waals surface area contributed by atoms with Crippen LogP contribution in [0, 0.1) is 23.5 Å². The lowest BCUT2D eigenvalue weighted by atomic mass is 10.0. The van der Waals surface area contributed by atoms with Gasteiger partial charge in [-0.1, -0.05) is 24.3 Å². The highest BCUT2D eigenvalue weighted by Gasteiger charge is 2.28. The van der Waals surface area contributed by atoms with E-state index in [1.165, 1.54) is 34.8 Å². The van der Waals surface area contributed by atoms with Crippen LogP contribution in [0.2, 0.25) is 0 Å². The number of benzene rings is 2. The highest BCUT2D eigenvalue weighted by atomic mass is 32.1. The zero-order chi connectivity index (χ0) is 60.6. The molecule has 2 saturated carbocycles. The van der Waals surface area contributed by atoms with Gasteiger partial charge >= 0.3 is 11.9 Å². The van der Waals surface area contributed by atoms with Crippen molar-refractivity contribution in [2.24, 2.45) is 11.8 Å². The van der Waals surface area contributed by atoms with Crippen LogP contribution in [0.3, 0.4) is 0 Å². The molecule has 0 bridgehead atoms. The molecule has 12 rings (SSSR count). The average molecular weight is 1220 g/mol. The average Bonchev–Trinajstić information content (AvgIpc) is 3.24. The maximum atomic E-state index is 15.0. The van der Waals surface area contributed by atoms with Crippen LogP contribution in [0.5, 0.6) is 23.0 Å². The van der Waals surface area contributed by atoms with E-state index in [0.717, 1.165) is 143 Å². The molecular weight excluding hydrogens is 1150 g/mol. The first-order chi connectivity index (χ1) is 42.1. The second kappa shape index (κ2) is 28.1. The summed E-state index contributed by atoms with van der Waals surface area (Å²) in [6.45, 7) is 6.06. The number of thiophene rings is 2. The van der Waals surface area contributed by atoms with Crippen molar-refractivity contribution in [1.29, 1.82) is 0 Å². The van der Waals surface area contributed by atoms with E-state index >= 15 is 0 Å². The van der Waals surface area contributed by atoms with Gasteiger partial charge in [-0.2, -0.15) is 0 Å². The first kappa shape index (κ1) is 61.2. The van der Waals surface area contributed by atoms with Crippen molar-refractivity contribution >= 4 is 66.6 Å². The highest BCUT2D eigenvalue weighted by molar-refractivity contribution is 7.23. The second-order valence-corrected chi connectivity index (χ2v) is 25.9. The minimum Gasteiger partial charge on any atom is -0.481 e. The number of Topliss-reactive ketones (excluding diaryl/α,β-unsaturated/α-hetero) is 2. The zero-order valence-electron chi connectivity index (χ0n) is 49.0. The smallest absolute Gasteiger partial charge is 0.317 e. The van der Waals surface area contributed by atoms with Crippen LogP contribution in [0.1, 0.15) is 92.9 Å². The number of likely N-dealkylation sites (N-methyl/N-ethyl adjacent to an activating group) is 1. The number of nitrogens with zero attached hydrogens (tertiary/aromatic N) is 8. The summed E-state index contributed by atoms with van der Waals surface area (Å²) >= 11 is 3.01. The van der Waals surface area contributed by atoms with E-state index in [4.69, 9.17) is 29.7 Å². The molecule has 8 heterocycles. The molecule has 0 amide bonds. The third-order valence-corrected chi connectivity index (χ3v) is 19.1. The Morgan fingerprint density at radius 2 is 0.977 bits per heavy atom. The van der Waals surface area contributed by atoms with Gasteiger partial charge in [-0.15, -0.1) is 22.7 Å². The fraction of sp³-hybridized carbons (Fsp3) is 0.403. The van der Waals surface area contributed by atoms with E-state index in [1.54, 1.807) is 48.8 Å². The summed E-state index contributed by atoms with van der Waals surface area (Å²) < 4.78 is 43.6. The molecule has 2 aliphatic carbocycles. The van der Waals surface area contributed by atoms with Gasteiger partial charge in [0.05, 0.1) is 54.5 Å². The van der Waals surface area contributed by atoms with Crippen LogP contribution >= 0.6 is 22.7 Å². The molecule has 2 saturated heterocycles. The fourth-order valence-corrected chi connectivity index (χ4v) is 13.6. The van der Waals surface area contributed by atoms with Crippen LogP contribution in [0.25, 0.3) is 41.6 Å². The summed E-state index contributed by atoms with van der Waals surface area (Å²) in [4.78, 5) is 75.5. The second-order valence-electron chi connectivity index (χ2n) is 23.8. The van der Waals surface area contributed by atoms with E-state index in [9.17, 15) is 28.0 Å². The van der Waals surface area contributed by atoms with Crippen LogP contribution in [0.4, 0.5) is 8.78 Å². The summed E-state index contributed by atoms with van der Waals surface area (Å²) in [5.41, 5.74) is 6.77. The number of carbonyl (C=O) groups excluding carboxylic acids is 2. The van der Waals surface area contributed by atoms with Gasteiger partial charge in [0.25, 0.3) is 0 Å². The predicted molar refractivity (Wildman–Crippen MR) is 333 cm³/mol. The van der Waals surface area contributed by atoms with E-state index in [0.29, 0.717) is 65.9 Å². The summed E-state index contributed by atoms with van der Waals surface area (Å²) in [5, 5.41) is 18.0. The van der Waals surface area contributed by atoms with Crippen LogP contribution in [-0.4, -0.2) is 139 Å². The monoisotopic (exact) mass is 1220 g/mol. The number of hydrogen-bond donors (Lipinski definition) is 2. The molecule has 2 aliphatic heterocycles. The maximum absolute atomic E-state index is 15.0. The third kappa shape index (κ3) is 16.8. The normalized spacial score (nSPS) is 16.1. The Morgan fingerprint density at radius 3 is 1.37 bits per heavy atom. The molecular formula is C67H72F2N8O8S2. The maximum Gasteiger partial charge on any atom is 0.317 e. The van der Waals surface area contributed by atoms with Crippen molar-refractivity contribution in [2.45, 2.75) is 109 Å². The number of likely N-dealkylation sites (tertiary alicyclic amines) is 2. The lowest BCUT2D eigenvalue weighted by molar-refractivity contribution is -0.139. The Kier molecular flexibility index (Phi) is 19.8. The van der Waals surface area contributed by atoms with Gasteiger partial charge < -0.3 is 24.6 Å². The van der Waals surface area contributed by atoms with Crippen molar-refractivity contribution in [1.82, 2.24) is 39.5 Å². The van der Waals surface area contributed by atoms with Crippen LogP contribution in [-0.2, 0) is 45.1 Å². The number of fused-ring (bicyclic) bond motifs is 2. The number of ether oxygens (including phenoxy) is 2. The van der Waals surface area contributed by atoms with E-state index < -0.39 is 23.6 Å². The number of carbonyl (C=O) groups is 4. The Labute approximate surface area is 512 Å².